The van der Waals surface area contributed by atoms with Gasteiger partial charge in [0.05, 0.1) is 18.0 Å². The Bertz CT molecular complexity index is 903. The smallest absolute Gasteiger partial charge is 0.305 e. The van der Waals surface area contributed by atoms with Gasteiger partial charge in [0.2, 0.25) is 0 Å². The van der Waals surface area contributed by atoms with Gasteiger partial charge in [-0.25, -0.2) is 4.98 Å². The monoisotopic (exact) mass is 438 g/mol. The van der Waals surface area contributed by atoms with Gasteiger partial charge in [-0.3, -0.25) is 14.5 Å². The minimum Gasteiger partial charge on any atom is -0.481 e. The lowest BCUT2D eigenvalue weighted by molar-refractivity contribution is -0.139. The van der Waals surface area contributed by atoms with Crippen molar-refractivity contribution in [2.75, 3.05) is 25.0 Å². The van der Waals surface area contributed by atoms with Gasteiger partial charge in [-0.2, -0.15) is 0 Å². The molecule has 2 atom stereocenters. The number of carbonyl (C=O) groups is 2. The van der Waals surface area contributed by atoms with Crippen molar-refractivity contribution in [3.05, 3.63) is 59.8 Å². The summed E-state index contributed by atoms with van der Waals surface area (Å²) in [6.45, 7) is 8.95. The third-order valence-electron chi connectivity index (χ3n) is 6.09. The number of rotatable bonds is 9. The zero-order valence-electron chi connectivity index (χ0n) is 19.2. The standard InChI is InChI=1S/C25H34N4O3/c1-18(2)11-13-27-24-21(10-7-12-26-24)25(32)29-15-14-28(17-20-8-5-4-6-9-20)19(3)22(29)16-23(30)31/h4-10,12,18-19,22H,11,13-17H2,1-3H3,(H,26,27)(H,30,31)/t19-,22+/m0/s1. The Morgan fingerprint density at radius 2 is 1.91 bits per heavy atom. The number of hydrogen-bond acceptors (Lipinski definition) is 5. The van der Waals surface area contributed by atoms with Crippen molar-refractivity contribution in [2.45, 2.75) is 52.2 Å². The highest BCUT2D eigenvalue weighted by atomic mass is 16.4. The third kappa shape index (κ3) is 6.07. The zero-order chi connectivity index (χ0) is 23.1. The summed E-state index contributed by atoms with van der Waals surface area (Å²) in [7, 11) is 0. The number of carbonyl (C=O) groups excluding carboxylic acids is 1. The number of anilines is 1. The van der Waals surface area contributed by atoms with Crippen LogP contribution in [0.3, 0.4) is 0 Å². The summed E-state index contributed by atoms with van der Waals surface area (Å²) in [5.74, 6) is 0.0423. The molecule has 3 rings (SSSR count). The first-order valence-corrected chi connectivity index (χ1v) is 11.4. The van der Waals surface area contributed by atoms with Crippen molar-refractivity contribution in [3.63, 3.8) is 0 Å². The Morgan fingerprint density at radius 1 is 1.16 bits per heavy atom. The molecule has 0 aliphatic carbocycles. The molecule has 1 aliphatic rings. The lowest BCUT2D eigenvalue weighted by atomic mass is 9.97. The van der Waals surface area contributed by atoms with Crippen LogP contribution >= 0.6 is 0 Å². The van der Waals surface area contributed by atoms with E-state index in [4.69, 9.17) is 0 Å². The number of aromatic nitrogens is 1. The topological polar surface area (TPSA) is 85.8 Å². The van der Waals surface area contributed by atoms with Gasteiger partial charge in [0.1, 0.15) is 5.82 Å². The van der Waals surface area contributed by atoms with Gasteiger partial charge < -0.3 is 15.3 Å². The number of nitrogens with zero attached hydrogens (tertiary/aromatic N) is 3. The average molecular weight is 439 g/mol. The Hall–Kier alpha value is -2.93. The van der Waals surface area contributed by atoms with E-state index in [2.05, 4.69) is 41.2 Å². The fourth-order valence-electron chi connectivity index (χ4n) is 4.21. The number of hydrogen-bond donors (Lipinski definition) is 2. The van der Waals surface area contributed by atoms with E-state index in [0.29, 0.717) is 30.4 Å². The van der Waals surface area contributed by atoms with Crippen LogP contribution in [0, 0.1) is 5.92 Å². The van der Waals surface area contributed by atoms with Gasteiger partial charge in [-0.1, -0.05) is 44.2 Å². The number of amides is 1. The molecule has 1 saturated heterocycles. The highest BCUT2D eigenvalue weighted by Crippen LogP contribution is 2.26. The van der Waals surface area contributed by atoms with Crippen molar-refractivity contribution in [2.24, 2.45) is 5.92 Å². The van der Waals surface area contributed by atoms with Gasteiger partial charge in [0.15, 0.2) is 0 Å². The van der Waals surface area contributed by atoms with Crippen molar-refractivity contribution in [3.8, 4) is 0 Å². The summed E-state index contributed by atoms with van der Waals surface area (Å²) in [6.07, 6.45) is 2.55. The van der Waals surface area contributed by atoms with E-state index in [1.54, 1.807) is 23.2 Å². The number of piperazine rings is 1. The molecule has 7 heteroatoms. The molecule has 1 aliphatic heterocycles. The highest BCUT2D eigenvalue weighted by molar-refractivity contribution is 5.99. The van der Waals surface area contributed by atoms with Gasteiger partial charge in [-0.05, 0) is 37.0 Å². The second-order valence-corrected chi connectivity index (χ2v) is 8.87. The molecule has 1 fully saturated rings. The molecule has 2 N–H and O–H groups in total. The summed E-state index contributed by atoms with van der Waals surface area (Å²) in [4.78, 5) is 33.6. The SMILES string of the molecule is CC(C)CCNc1ncccc1C(=O)N1CCN(Cc2ccccc2)[C@@H](C)[C@H]1CC(=O)O. The molecule has 7 nitrogen and oxygen atoms in total. The first-order chi connectivity index (χ1) is 15.4. The van der Waals surface area contributed by atoms with Crippen molar-refractivity contribution in [1.82, 2.24) is 14.8 Å². The number of aliphatic carboxylic acids is 1. The predicted molar refractivity (Wildman–Crippen MR) is 126 cm³/mol. The number of pyridine rings is 1. The molecule has 32 heavy (non-hydrogen) atoms. The molecule has 0 saturated carbocycles. The van der Waals surface area contributed by atoms with E-state index in [1.807, 2.05) is 25.1 Å². The van der Waals surface area contributed by atoms with Crippen LogP contribution in [-0.4, -0.2) is 63.5 Å². The van der Waals surface area contributed by atoms with Crippen LogP contribution < -0.4 is 5.32 Å². The molecule has 0 unspecified atom stereocenters. The molecule has 0 spiro atoms. The molecular weight excluding hydrogens is 404 g/mol. The van der Waals surface area contributed by atoms with E-state index in [9.17, 15) is 14.7 Å². The Morgan fingerprint density at radius 3 is 2.59 bits per heavy atom. The Balaban J connectivity index is 1.79. The maximum Gasteiger partial charge on any atom is 0.305 e. The Kier molecular flexibility index (Phi) is 8.22. The lowest BCUT2D eigenvalue weighted by Gasteiger charge is -2.46. The summed E-state index contributed by atoms with van der Waals surface area (Å²) < 4.78 is 0. The number of carboxylic acids is 1. The molecular formula is C25H34N4O3. The van der Waals surface area contributed by atoms with E-state index in [-0.39, 0.29) is 18.4 Å². The average Bonchev–Trinajstić information content (AvgIpc) is 2.77. The molecule has 1 aromatic heterocycles. The van der Waals surface area contributed by atoms with Crippen LogP contribution in [0.1, 0.15) is 49.5 Å². The number of benzene rings is 1. The maximum absolute atomic E-state index is 13.6. The van der Waals surface area contributed by atoms with E-state index in [0.717, 1.165) is 19.5 Å². The molecule has 2 aromatic rings. The summed E-state index contributed by atoms with van der Waals surface area (Å²) in [5.41, 5.74) is 1.67. The molecule has 1 amide bonds. The fourth-order valence-corrected chi connectivity index (χ4v) is 4.21. The summed E-state index contributed by atoms with van der Waals surface area (Å²) in [6, 6.07) is 13.2. The molecule has 2 heterocycles. The lowest BCUT2D eigenvalue weighted by Crippen LogP contribution is -2.60. The van der Waals surface area contributed by atoms with E-state index in [1.165, 1.54) is 5.56 Å². The predicted octanol–water partition coefficient (Wildman–Crippen LogP) is 3.73. The normalized spacial score (nSPS) is 19.2. The second-order valence-electron chi connectivity index (χ2n) is 8.87. The fraction of sp³-hybridized carbons (Fsp3) is 0.480. The summed E-state index contributed by atoms with van der Waals surface area (Å²) >= 11 is 0. The quantitative estimate of drug-likeness (QED) is 0.621. The van der Waals surface area contributed by atoms with Gasteiger partial charge in [-0.15, -0.1) is 0 Å². The number of carboxylic acid groups (broad SMARTS) is 1. The molecule has 1 aromatic carbocycles. The minimum atomic E-state index is -0.900. The van der Waals surface area contributed by atoms with Crippen LogP contribution in [0.5, 0.6) is 0 Å². The van der Waals surface area contributed by atoms with Crippen LogP contribution in [0.15, 0.2) is 48.7 Å². The van der Waals surface area contributed by atoms with Crippen LogP contribution in [-0.2, 0) is 11.3 Å². The van der Waals surface area contributed by atoms with Crippen molar-refractivity contribution in [1.29, 1.82) is 0 Å². The number of nitrogens with one attached hydrogen (secondary N) is 1. The van der Waals surface area contributed by atoms with E-state index < -0.39 is 12.0 Å². The maximum atomic E-state index is 13.6. The minimum absolute atomic E-state index is 0.0852. The summed E-state index contributed by atoms with van der Waals surface area (Å²) in [5, 5.41) is 12.9. The zero-order valence-corrected chi connectivity index (χ0v) is 19.2. The molecule has 0 bridgehead atoms. The first-order valence-electron chi connectivity index (χ1n) is 11.4. The largest absolute Gasteiger partial charge is 0.481 e. The van der Waals surface area contributed by atoms with Crippen LogP contribution in [0.2, 0.25) is 0 Å². The van der Waals surface area contributed by atoms with Crippen LogP contribution in [0.4, 0.5) is 5.82 Å². The molecule has 0 radical (unpaired) electrons. The van der Waals surface area contributed by atoms with Crippen molar-refractivity contribution < 1.29 is 14.7 Å². The van der Waals surface area contributed by atoms with Crippen molar-refractivity contribution >= 4 is 17.7 Å². The van der Waals surface area contributed by atoms with Gasteiger partial charge in [0, 0.05) is 38.4 Å². The third-order valence-corrected chi connectivity index (χ3v) is 6.09. The van der Waals surface area contributed by atoms with Crippen LogP contribution in [0.25, 0.3) is 0 Å². The molecule has 172 valence electrons. The highest BCUT2D eigenvalue weighted by Gasteiger charge is 2.38. The van der Waals surface area contributed by atoms with E-state index >= 15 is 0 Å². The van der Waals surface area contributed by atoms with Gasteiger partial charge >= 0.3 is 5.97 Å². The van der Waals surface area contributed by atoms with Gasteiger partial charge in [0.25, 0.3) is 5.91 Å². The second kappa shape index (κ2) is 11.1. The first kappa shape index (κ1) is 23.7. The Labute approximate surface area is 190 Å².